The predicted molar refractivity (Wildman–Crippen MR) is 36.8 cm³/mol. The van der Waals surface area contributed by atoms with Crippen molar-refractivity contribution in [1.82, 2.24) is 0 Å². The molecule has 0 fully saturated rings. The van der Waals surface area contributed by atoms with Crippen LogP contribution in [0.25, 0.3) is 0 Å². The van der Waals surface area contributed by atoms with Gasteiger partial charge < -0.3 is 4.74 Å². The van der Waals surface area contributed by atoms with E-state index in [1.54, 1.807) is 0 Å². The molecule has 6 heteroatoms. The average molecular weight is 196 g/mol. The van der Waals surface area contributed by atoms with E-state index in [1.807, 2.05) is 0 Å². The number of rotatable bonds is 3. The summed E-state index contributed by atoms with van der Waals surface area (Å²) in [7, 11) is 0. The van der Waals surface area contributed by atoms with E-state index in [1.165, 1.54) is 0 Å². The van der Waals surface area contributed by atoms with E-state index in [0.29, 0.717) is 0 Å². The number of carbonyl (C=O) groups excluding carboxylic acids is 2. The normalized spacial score (nSPS) is 10.8. The van der Waals surface area contributed by atoms with Crippen LogP contribution in [0, 0.1) is 0 Å². The number of hydrogen-bond acceptors (Lipinski definition) is 3. The summed E-state index contributed by atoms with van der Waals surface area (Å²) in [4.78, 5) is 20.7. The van der Waals surface area contributed by atoms with Crippen molar-refractivity contribution in [3.63, 3.8) is 0 Å². The Balaban J connectivity index is 4.14. The van der Waals surface area contributed by atoms with Gasteiger partial charge in [-0.25, -0.2) is 4.79 Å². The zero-order chi connectivity index (χ0) is 10.6. The minimum absolute atomic E-state index is 0.539. The lowest BCUT2D eigenvalue weighted by atomic mass is 10.3. The molecule has 0 bridgehead atoms. The predicted octanol–water partition coefficient (Wildman–Crippen LogP) is 1.24. The van der Waals surface area contributed by atoms with Gasteiger partial charge in [-0.3, -0.25) is 4.79 Å². The first-order valence-corrected chi connectivity index (χ1v) is 3.18. The molecule has 0 rings (SSSR count). The third kappa shape index (κ3) is 4.29. The van der Waals surface area contributed by atoms with Gasteiger partial charge in [0.2, 0.25) is 0 Å². The number of halogens is 3. The molecule has 0 aromatic rings. The van der Waals surface area contributed by atoms with Crippen molar-refractivity contribution >= 4 is 11.8 Å². The molecule has 0 aromatic heterocycles. The van der Waals surface area contributed by atoms with Crippen LogP contribution < -0.4 is 0 Å². The van der Waals surface area contributed by atoms with Gasteiger partial charge in [0.05, 0.1) is 0 Å². The van der Waals surface area contributed by atoms with Gasteiger partial charge in [-0.15, -0.1) is 0 Å². The number of alkyl halides is 3. The number of ketones is 1. The smallest absolute Gasteiger partial charge is 0.422 e. The van der Waals surface area contributed by atoms with E-state index in [4.69, 9.17) is 0 Å². The number of ether oxygens (including phenoxy) is 1. The quantitative estimate of drug-likeness (QED) is 0.503. The lowest BCUT2D eigenvalue weighted by Gasteiger charge is -2.08. The lowest BCUT2D eigenvalue weighted by Crippen LogP contribution is -2.22. The summed E-state index contributed by atoms with van der Waals surface area (Å²) in [6, 6.07) is 0. The van der Waals surface area contributed by atoms with E-state index in [0.717, 1.165) is 6.92 Å². The SMILES string of the molecule is C=C(C(=O)OCC(C)=O)C(F)(F)F. The van der Waals surface area contributed by atoms with Crippen LogP contribution in [0.4, 0.5) is 13.2 Å². The molecule has 0 saturated heterocycles. The van der Waals surface area contributed by atoms with Crippen molar-refractivity contribution in [2.75, 3.05) is 6.61 Å². The third-order valence-corrected chi connectivity index (χ3v) is 0.995. The Morgan fingerprint density at radius 3 is 2.15 bits per heavy atom. The summed E-state index contributed by atoms with van der Waals surface area (Å²) in [5.74, 6) is -2.16. The summed E-state index contributed by atoms with van der Waals surface area (Å²) < 4.78 is 39.2. The maximum atomic E-state index is 11.7. The third-order valence-electron chi connectivity index (χ3n) is 0.995. The fourth-order valence-electron chi connectivity index (χ4n) is 0.370. The minimum atomic E-state index is -4.81. The Labute approximate surface area is 72.2 Å². The number of esters is 1. The van der Waals surface area contributed by atoms with Crippen LogP contribution in [0.5, 0.6) is 0 Å². The van der Waals surface area contributed by atoms with Gasteiger partial charge >= 0.3 is 12.1 Å². The van der Waals surface area contributed by atoms with Gasteiger partial charge in [-0.1, -0.05) is 6.58 Å². The molecule has 74 valence electrons. The molecular weight excluding hydrogens is 189 g/mol. The Kier molecular flexibility index (Phi) is 3.65. The second-order valence-corrected chi connectivity index (χ2v) is 2.25. The van der Waals surface area contributed by atoms with Crippen molar-refractivity contribution in [1.29, 1.82) is 0 Å². The molecule has 0 amide bonds. The van der Waals surface area contributed by atoms with E-state index in [2.05, 4.69) is 11.3 Å². The van der Waals surface area contributed by atoms with Gasteiger partial charge in [0.1, 0.15) is 12.2 Å². The first-order valence-electron chi connectivity index (χ1n) is 3.18. The largest absolute Gasteiger partial charge is 0.454 e. The molecule has 0 aliphatic rings. The second kappa shape index (κ2) is 4.06. The van der Waals surface area contributed by atoms with Crippen molar-refractivity contribution in [2.45, 2.75) is 13.1 Å². The summed E-state index contributed by atoms with van der Waals surface area (Å²) in [5.41, 5.74) is -1.62. The van der Waals surface area contributed by atoms with Gasteiger partial charge in [0.15, 0.2) is 5.78 Å². The molecule has 0 N–H and O–H groups in total. The molecule has 0 aliphatic heterocycles. The Morgan fingerprint density at radius 1 is 1.38 bits per heavy atom. The fraction of sp³-hybridized carbons (Fsp3) is 0.429. The van der Waals surface area contributed by atoms with Crippen LogP contribution in [-0.4, -0.2) is 24.5 Å². The van der Waals surface area contributed by atoms with Crippen LogP contribution in [0.15, 0.2) is 12.2 Å². The van der Waals surface area contributed by atoms with Crippen LogP contribution in [0.1, 0.15) is 6.92 Å². The van der Waals surface area contributed by atoms with Crippen molar-refractivity contribution < 1.29 is 27.5 Å². The maximum absolute atomic E-state index is 11.7. The van der Waals surface area contributed by atoms with Crippen LogP contribution in [-0.2, 0) is 14.3 Å². The van der Waals surface area contributed by atoms with Gasteiger partial charge in [0.25, 0.3) is 0 Å². The zero-order valence-corrected chi connectivity index (χ0v) is 6.77. The van der Waals surface area contributed by atoms with Crippen LogP contribution in [0.2, 0.25) is 0 Å². The van der Waals surface area contributed by atoms with E-state index >= 15 is 0 Å². The summed E-state index contributed by atoms with van der Waals surface area (Å²) in [5, 5.41) is 0. The van der Waals surface area contributed by atoms with Crippen LogP contribution in [0.3, 0.4) is 0 Å². The topological polar surface area (TPSA) is 43.4 Å². The molecule has 0 spiro atoms. The summed E-state index contributed by atoms with van der Waals surface area (Å²) >= 11 is 0. The van der Waals surface area contributed by atoms with Crippen LogP contribution >= 0.6 is 0 Å². The first kappa shape index (κ1) is 11.7. The van der Waals surface area contributed by atoms with Crippen molar-refractivity contribution in [3.05, 3.63) is 12.2 Å². The molecule has 0 aromatic carbocycles. The number of carbonyl (C=O) groups is 2. The molecule has 13 heavy (non-hydrogen) atoms. The monoisotopic (exact) mass is 196 g/mol. The molecule has 0 aliphatic carbocycles. The highest BCUT2D eigenvalue weighted by atomic mass is 19.4. The standard InChI is InChI=1S/C7H7F3O3/c1-4(11)3-13-6(12)5(2)7(8,9)10/h2-3H2,1H3. The Morgan fingerprint density at radius 2 is 1.85 bits per heavy atom. The fourth-order valence-corrected chi connectivity index (χ4v) is 0.370. The number of Topliss-reactive ketones (excluding diaryl/α,β-unsaturated/α-hetero) is 1. The second-order valence-electron chi connectivity index (χ2n) is 2.25. The zero-order valence-electron chi connectivity index (χ0n) is 6.77. The first-order chi connectivity index (χ1) is 5.75. The van der Waals surface area contributed by atoms with E-state index in [9.17, 15) is 22.8 Å². The Hall–Kier alpha value is -1.33. The summed E-state index contributed by atoms with van der Waals surface area (Å²) in [6.45, 7) is 2.91. The van der Waals surface area contributed by atoms with Crippen molar-refractivity contribution in [3.8, 4) is 0 Å². The minimum Gasteiger partial charge on any atom is -0.454 e. The highest BCUT2D eigenvalue weighted by Gasteiger charge is 2.37. The van der Waals surface area contributed by atoms with Gasteiger partial charge in [-0.2, -0.15) is 13.2 Å². The van der Waals surface area contributed by atoms with Gasteiger partial charge in [0, 0.05) is 0 Å². The highest BCUT2D eigenvalue weighted by molar-refractivity contribution is 5.91. The maximum Gasteiger partial charge on any atom is 0.422 e. The molecule has 0 unspecified atom stereocenters. The Bertz CT molecular complexity index is 242. The van der Waals surface area contributed by atoms with Gasteiger partial charge in [-0.05, 0) is 6.92 Å². The molecule has 0 heterocycles. The van der Waals surface area contributed by atoms with E-state index in [-0.39, 0.29) is 0 Å². The molecule has 0 saturated carbocycles. The van der Waals surface area contributed by atoms with Crippen molar-refractivity contribution in [2.24, 2.45) is 0 Å². The molecule has 0 radical (unpaired) electrons. The molecule has 0 atom stereocenters. The molecular formula is C7H7F3O3. The molecule has 3 nitrogen and oxygen atoms in total. The number of hydrogen-bond donors (Lipinski definition) is 0. The highest BCUT2D eigenvalue weighted by Crippen LogP contribution is 2.24. The summed E-state index contributed by atoms with van der Waals surface area (Å²) in [6.07, 6.45) is -4.81. The van der Waals surface area contributed by atoms with E-state index < -0.39 is 30.1 Å². The average Bonchev–Trinajstić information content (AvgIpc) is 1.96. The lowest BCUT2D eigenvalue weighted by molar-refractivity contribution is -0.153.